The average Bonchev–Trinajstić information content (AvgIpc) is 2.95. The predicted octanol–water partition coefficient (Wildman–Crippen LogP) is 3.76. The van der Waals surface area contributed by atoms with Crippen LogP contribution in [0, 0.1) is 5.92 Å². The first-order chi connectivity index (χ1) is 19.6. The molecule has 0 saturated heterocycles. The van der Waals surface area contributed by atoms with E-state index in [1.165, 1.54) is 6.92 Å². The Morgan fingerprint density at radius 2 is 1.22 bits per heavy atom. The van der Waals surface area contributed by atoms with Gasteiger partial charge in [-0.25, -0.2) is 14.4 Å². The normalized spacial score (nSPS) is 12.2. The largest absolute Gasteiger partial charge is 0.460 e. The Balaban J connectivity index is 2.41. The van der Waals surface area contributed by atoms with Crippen molar-refractivity contribution >= 4 is 29.7 Å². The van der Waals surface area contributed by atoms with E-state index in [0.29, 0.717) is 0 Å². The summed E-state index contributed by atoms with van der Waals surface area (Å²) in [5, 5.41) is 5.48. The van der Waals surface area contributed by atoms with E-state index in [1.54, 1.807) is 13.8 Å². The fourth-order valence-electron chi connectivity index (χ4n) is 4.03. The number of allylic oxidation sites excluding steroid dienone is 1. The van der Waals surface area contributed by atoms with Gasteiger partial charge in [0.2, 0.25) is 17.6 Å². The summed E-state index contributed by atoms with van der Waals surface area (Å²) in [4.78, 5) is 63.9. The van der Waals surface area contributed by atoms with Crippen molar-refractivity contribution in [2.24, 2.45) is 5.92 Å². The van der Waals surface area contributed by atoms with E-state index in [-0.39, 0.29) is 43.6 Å². The van der Waals surface area contributed by atoms with Gasteiger partial charge in [-0.05, 0) is 43.7 Å². The molecule has 0 radical (unpaired) electrons. The zero-order valence-corrected chi connectivity index (χ0v) is 24.1. The first-order valence-electron chi connectivity index (χ1n) is 13.6. The summed E-state index contributed by atoms with van der Waals surface area (Å²) in [6.45, 7) is 8.36. The van der Waals surface area contributed by atoms with Gasteiger partial charge in [-0.2, -0.15) is 0 Å². The van der Waals surface area contributed by atoms with Crippen molar-refractivity contribution < 1.29 is 38.2 Å². The third-order valence-electron chi connectivity index (χ3n) is 5.87. The maximum atomic E-state index is 13.7. The van der Waals surface area contributed by atoms with Crippen LogP contribution in [-0.4, -0.2) is 49.0 Å². The predicted molar refractivity (Wildman–Crippen MR) is 151 cm³/mol. The van der Waals surface area contributed by atoms with Gasteiger partial charge in [0.1, 0.15) is 6.04 Å². The van der Waals surface area contributed by atoms with Crippen molar-refractivity contribution in [3.05, 3.63) is 83.2 Å². The molecule has 41 heavy (non-hydrogen) atoms. The molecule has 2 amide bonds. The molecule has 0 fully saturated rings. The van der Waals surface area contributed by atoms with Crippen LogP contribution in [-0.2, 0) is 38.2 Å². The van der Waals surface area contributed by atoms with Crippen LogP contribution in [0.1, 0.15) is 64.5 Å². The lowest BCUT2D eigenvalue weighted by Gasteiger charge is -2.25. The van der Waals surface area contributed by atoms with Gasteiger partial charge >= 0.3 is 17.9 Å². The van der Waals surface area contributed by atoms with E-state index in [0.717, 1.165) is 11.1 Å². The summed E-state index contributed by atoms with van der Waals surface area (Å²) < 4.78 is 14.6. The molecule has 220 valence electrons. The minimum Gasteiger partial charge on any atom is -0.460 e. The molecule has 0 heterocycles. The topological polar surface area (TPSA) is 137 Å². The Morgan fingerprint density at radius 3 is 1.68 bits per heavy atom. The number of amides is 2. The molecule has 0 aromatic heterocycles. The van der Waals surface area contributed by atoms with Crippen LogP contribution in [0.2, 0.25) is 0 Å². The van der Waals surface area contributed by atoms with Crippen molar-refractivity contribution in [2.75, 3.05) is 13.2 Å². The zero-order valence-electron chi connectivity index (χ0n) is 24.1. The van der Waals surface area contributed by atoms with Gasteiger partial charge in [0.15, 0.2) is 0 Å². The summed E-state index contributed by atoms with van der Waals surface area (Å²) in [5.41, 5.74) is 1.42. The van der Waals surface area contributed by atoms with Crippen LogP contribution < -0.4 is 10.6 Å². The number of carbonyl (C=O) groups excluding carboxylic acids is 5. The molecule has 10 heteroatoms. The quantitative estimate of drug-likeness (QED) is 0.123. The van der Waals surface area contributed by atoms with E-state index in [4.69, 9.17) is 9.47 Å². The van der Waals surface area contributed by atoms with Gasteiger partial charge in [0, 0.05) is 0 Å². The summed E-state index contributed by atoms with van der Waals surface area (Å²) in [5.74, 6) is -6.09. The molecular weight excluding hydrogens is 528 g/mol. The van der Waals surface area contributed by atoms with Crippen molar-refractivity contribution in [3.8, 4) is 0 Å². The van der Waals surface area contributed by atoms with E-state index < -0.39 is 41.5 Å². The second kappa shape index (κ2) is 16.6. The molecule has 0 saturated carbocycles. The summed E-state index contributed by atoms with van der Waals surface area (Å²) in [7, 11) is 0. The summed E-state index contributed by atoms with van der Waals surface area (Å²) in [6, 6.07) is 17.4. The molecule has 1 atom stereocenters. The number of benzene rings is 2. The summed E-state index contributed by atoms with van der Waals surface area (Å²) in [6.07, 6.45) is 0.317. The molecule has 0 aliphatic carbocycles. The lowest BCUT2D eigenvalue weighted by atomic mass is 9.90. The first-order valence-corrected chi connectivity index (χ1v) is 13.6. The Labute approximate surface area is 240 Å². The fraction of sp³-hybridized carbons (Fsp3) is 0.387. The number of hydrogen-bond donors (Lipinski definition) is 2. The Kier molecular flexibility index (Phi) is 13.2. The number of carbonyl (C=O) groups is 5. The molecule has 2 aromatic carbocycles. The lowest BCUT2D eigenvalue weighted by molar-refractivity contribution is -0.167. The van der Waals surface area contributed by atoms with Gasteiger partial charge < -0.3 is 24.8 Å². The van der Waals surface area contributed by atoms with Gasteiger partial charge in [0.25, 0.3) is 0 Å². The SMILES string of the molecule is CCOC(=O)C(=O)O/C(C(=O)OCC)=C(/CC)NC(=O)[C@H](CC(C)C)NC(=O)C(c1ccccc1)c1ccccc1. The van der Waals surface area contributed by atoms with E-state index in [2.05, 4.69) is 15.4 Å². The third-order valence-corrected chi connectivity index (χ3v) is 5.87. The van der Waals surface area contributed by atoms with Crippen LogP contribution in [0.3, 0.4) is 0 Å². The molecule has 2 N–H and O–H groups in total. The molecule has 2 rings (SSSR count). The maximum Gasteiger partial charge on any atom is 0.423 e. The van der Waals surface area contributed by atoms with Crippen molar-refractivity contribution in [1.82, 2.24) is 10.6 Å². The van der Waals surface area contributed by atoms with Crippen molar-refractivity contribution in [1.29, 1.82) is 0 Å². The van der Waals surface area contributed by atoms with Crippen LogP contribution >= 0.6 is 0 Å². The highest BCUT2D eigenvalue weighted by atomic mass is 16.6. The lowest BCUT2D eigenvalue weighted by Crippen LogP contribution is -2.49. The van der Waals surface area contributed by atoms with Crippen molar-refractivity contribution in [3.63, 3.8) is 0 Å². The number of hydrogen-bond acceptors (Lipinski definition) is 8. The third kappa shape index (κ3) is 9.90. The molecular formula is C31H38N2O8. The van der Waals surface area contributed by atoms with E-state index in [9.17, 15) is 24.0 Å². The number of ether oxygens (including phenoxy) is 3. The monoisotopic (exact) mass is 566 g/mol. The Morgan fingerprint density at radius 1 is 0.707 bits per heavy atom. The molecule has 0 spiro atoms. The van der Waals surface area contributed by atoms with Crippen LogP contribution in [0.5, 0.6) is 0 Å². The molecule has 0 aliphatic heterocycles. The highest BCUT2D eigenvalue weighted by Crippen LogP contribution is 2.25. The van der Waals surface area contributed by atoms with Gasteiger partial charge in [-0.1, -0.05) is 81.4 Å². The van der Waals surface area contributed by atoms with Gasteiger partial charge in [-0.3, -0.25) is 9.59 Å². The van der Waals surface area contributed by atoms with E-state index >= 15 is 0 Å². The summed E-state index contributed by atoms with van der Waals surface area (Å²) >= 11 is 0. The Hall–Kier alpha value is -4.47. The Bertz CT molecular complexity index is 1190. The minimum absolute atomic E-state index is 0.0122. The standard InChI is InChI=1S/C31H38N2O8/c1-6-23(26(29(36)39-7-2)41-31(38)30(37)40-8-3)32-27(34)24(19-20(4)5)33-28(35)25(21-15-11-9-12-16-21)22-17-13-10-14-18-22/h9-18,20,24-25H,6-8,19H2,1-5H3,(H,32,34)(H,33,35)/b26-23-/t24-/m0/s1. The number of esters is 3. The van der Waals surface area contributed by atoms with Gasteiger partial charge in [0.05, 0.1) is 24.8 Å². The zero-order chi connectivity index (χ0) is 30.4. The first kappa shape index (κ1) is 32.7. The van der Waals surface area contributed by atoms with E-state index in [1.807, 2.05) is 74.5 Å². The van der Waals surface area contributed by atoms with Gasteiger partial charge in [-0.15, -0.1) is 0 Å². The van der Waals surface area contributed by atoms with Crippen LogP contribution in [0.4, 0.5) is 0 Å². The average molecular weight is 567 g/mol. The number of rotatable bonds is 13. The van der Waals surface area contributed by atoms with Crippen molar-refractivity contribution in [2.45, 2.75) is 59.4 Å². The highest BCUT2D eigenvalue weighted by Gasteiger charge is 2.31. The second-order valence-corrected chi connectivity index (χ2v) is 9.43. The van der Waals surface area contributed by atoms with Crippen LogP contribution in [0.15, 0.2) is 72.1 Å². The minimum atomic E-state index is -1.43. The molecule has 0 bridgehead atoms. The fourth-order valence-corrected chi connectivity index (χ4v) is 4.03. The molecule has 2 aromatic rings. The highest BCUT2D eigenvalue weighted by molar-refractivity contribution is 6.30. The van der Waals surface area contributed by atoms with Crippen LogP contribution in [0.25, 0.3) is 0 Å². The number of nitrogens with one attached hydrogen (secondary N) is 2. The maximum absolute atomic E-state index is 13.7. The molecule has 0 aliphatic rings. The second-order valence-electron chi connectivity index (χ2n) is 9.43. The smallest absolute Gasteiger partial charge is 0.423 e. The molecule has 10 nitrogen and oxygen atoms in total. The molecule has 0 unspecified atom stereocenters.